The summed E-state index contributed by atoms with van der Waals surface area (Å²) in [6.07, 6.45) is 4.02. The maximum absolute atomic E-state index is 4.41. The van der Waals surface area contributed by atoms with Crippen molar-refractivity contribution in [3.05, 3.63) is 53.3 Å². The van der Waals surface area contributed by atoms with E-state index in [1.54, 1.807) is 0 Å². The van der Waals surface area contributed by atoms with Crippen molar-refractivity contribution in [3.63, 3.8) is 0 Å². The highest BCUT2D eigenvalue weighted by Crippen LogP contribution is 2.24. The molecule has 1 aliphatic heterocycles. The Morgan fingerprint density at radius 1 is 1.38 bits per heavy atom. The van der Waals surface area contributed by atoms with Gasteiger partial charge in [-0.2, -0.15) is 5.10 Å². The first-order valence-electron chi connectivity index (χ1n) is 5.64. The molecule has 3 nitrogen and oxygen atoms in total. The average molecular weight is 213 g/mol. The molecule has 0 aliphatic carbocycles. The van der Waals surface area contributed by atoms with E-state index in [1.807, 2.05) is 6.20 Å². The van der Waals surface area contributed by atoms with Crippen molar-refractivity contribution in [2.45, 2.75) is 19.5 Å². The molecular weight excluding hydrogens is 198 g/mol. The molecule has 3 rings (SSSR count). The van der Waals surface area contributed by atoms with Crippen LogP contribution in [0.1, 0.15) is 22.7 Å². The molecular formula is C13H15N3. The van der Waals surface area contributed by atoms with E-state index in [1.165, 1.54) is 16.7 Å². The average Bonchev–Trinajstić information content (AvgIpc) is 2.75. The highest BCUT2D eigenvalue weighted by atomic mass is 15.3. The zero-order valence-corrected chi connectivity index (χ0v) is 9.35. The van der Waals surface area contributed by atoms with E-state index in [9.17, 15) is 0 Å². The van der Waals surface area contributed by atoms with E-state index >= 15 is 0 Å². The van der Waals surface area contributed by atoms with Gasteiger partial charge in [-0.15, -0.1) is 0 Å². The third kappa shape index (κ3) is 1.53. The van der Waals surface area contributed by atoms with Crippen LogP contribution in [0.2, 0.25) is 0 Å². The lowest BCUT2D eigenvalue weighted by molar-refractivity contribution is 0.452. The topological polar surface area (TPSA) is 29.9 Å². The highest BCUT2D eigenvalue weighted by Gasteiger charge is 2.21. The van der Waals surface area contributed by atoms with Gasteiger partial charge >= 0.3 is 0 Å². The lowest BCUT2D eigenvalue weighted by Gasteiger charge is -2.26. The van der Waals surface area contributed by atoms with Crippen LogP contribution in [-0.2, 0) is 6.54 Å². The van der Waals surface area contributed by atoms with Gasteiger partial charge in [0.15, 0.2) is 0 Å². The predicted molar refractivity (Wildman–Crippen MR) is 63.3 cm³/mol. The van der Waals surface area contributed by atoms with Crippen molar-refractivity contribution in [1.82, 2.24) is 15.1 Å². The van der Waals surface area contributed by atoms with Gasteiger partial charge in [-0.1, -0.05) is 24.3 Å². The summed E-state index contributed by atoms with van der Waals surface area (Å²) in [5.74, 6) is 0. The molecule has 0 bridgehead atoms. The highest BCUT2D eigenvalue weighted by molar-refractivity contribution is 5.32. The minimum Gasteiger partial charge on any atom is -0.310 e. The zero-order chi connectivity index (χ0) is 11.0. The van der Waals surface area contributed by atoms with Crippen molar-refractivity contribution in [2.75, 3.05) is 6.54 Å². The number of aryl methyl sites for hydroxylation is 1. The molecule has 0 saturated heterocycles. The standard InChI is InChI=1S/C13H15N3/c1-10-6-15-16(9-10)13-8-14-7-11-4-2-3-5-12(11)13/h2-6,9,13-14H,7-8H2,1H3. The number of nitrogens with one attached hydrogen (secondary N) is 1. The van der Waals surface area contributed by atoms with Gasteiger partial charge in [0.25, 0.3) is 0 Å². The molecule has 0 spiro atoms. The molecule has 1 N–H and O–H groups in total. The summed E-state index contributed by atoms with van der Waals surface area (Å²) in [6, 6.07) is 8.92. The van der Waals surface area contributed by atoms with Gasteiger partial charge in [0.2, 0.25) is 0 Å². The van der Waals surface area contributed by atoms with Crippen molar-refractivity contribution in [1.29, 1.82) is 0 Å². The van der Waals surface area contributed by atoms with Gasteiger partial charge < -0.3 is 5.32 Å². The largest absolute Gasteiger partial charge is 0.310 e. The summed E-state index contributed by atoms with van der Waals surface area (Å²) in [6.45, 7) is 4.00. The number of hydrogen-bond donors (Lipinski definition) is 1. The normalized spacial score (nSPS) is 19.4. The van der Waals surface area contributed by atoms with Crippen molar-refractivity contribution in [3.8, 4) is 0 Å². The van der Waals surface area contributed by atoms with E-state index in [2.05, 4.69) is 52.5 Å². The molecule has 0 amide bonds. The fourth-order valence-electron chi connectivity index (χ4n) is 2.31. The Labute approximate surface area is 95.1 Å². The number of benzene rings is 1. The Morgan fingerprint density at radius 3 is 3.06 bits per heavy atom. The summed E-state index contributed by atoms with van der Waals surface area (Å²) in [5, 5.41) is 7.85. The van der Waals surface area contributed by atoms with Crippen LogP contribution in [0, 0.1) is 6.92 Å². The lowest BCUT2D eigenvalue weighted by atomic mass is 9.97. The van der Waals surface area contributed by atoms with Crippen LogP contribution in [0.25, 0.3) is 0 Å². The van der Waals surface area contributed by atoms with Gasteiger partial charge in [-0.05, 0) is 23.6 Å². The second-order valence-corrected chi connectivity index (χ2v) is 4.34. The Hall–Kier alpha value is -1.61. The number of hydrogen-bond acceptors (Lipinski definition) is 2. The predicted octanol–water partition coefficient (Wildman–Crippen LogP) is 1.88. The van der Waals surface area contributed by atoms with E-state index in [4.69, 9.17) is 0 Å². The SMILES string of the molecule is Cc1cnn(C2CNCc3ccccc32)c1. The van der Waals surface area contributed by atoms with Crippen LogP contribution < -0.4 is 5.32 Å². The van der Waals surface area contributed by atoms with Crippen LogP contribution in [-0.4, -0.2) is 16.3 Å². The second kappa shape index (κ2) is 3.76. The van der Waals surface area contributed by atoms with E-state index in [0.29, 0.717) is 6.04 Å². The van der Waals surface area contributed by atoms with Gasteiger partial charge in [-0.3, -0.25) is 4.68 Å². The molecule has 1 unspecified atom stereocenters. The van der Waals surface area contributed by atoms with Crippen molar-refractivity contribution in [2.24, 2.45) is 0 Å². The summed E-state index contributed by atoms with van der Waals surface area (Å²) in [4.78, 5) is 0. The van der Waals surface area contributed by atoms with E-state index in [-0.39, 0.29) is 0 Å². The quantitative estimate of drug-likeness (QED) is 0.784. The van der Waals surface area contributed by atoms with Crippen LogP contribution >= 0.6 is 0 Å². The van der Waals surface area contributed by atoms with Crippen molar-refractivity contribution < 1.29 is 0 Å². The molecule has 82 valence electrons. The third-order valence-electron chi connectivity index (χ3n) is 3.12. The summed E-state index contributed by atoms with van der Waals surface area (Å²) in [7, 11) is 0. The smallest absolute Gasteiger partial charge is 0.0896 e. The van der Waals surface area contributed by atoms with E-state index in [0.717, 1.165) is 13.1 Å². The lowest BCUT2D eigenvalue weighted by Crippen LogP contribution is -2.32. The first-order valence-corrected chi connectivity index (χ1v) is 5.64. The Morgan fingerprint density at radius 2 is 2.25 bits per heavy atom. The number of fused-ring (bicyclic) bond motifs is 1. The van der Waals surface area contributed by atoms with Gasteiger partial charge in [0.1, 0.15) is 0 Å². The summed E-state index contributed by atoms with van der Waals surface area (Å²) >= 11 is 0. The molecule has 1 atom stereocenters. The fraction of sp³-hybridized carbons (Fsp3) is 0.308. The molecule has 1 aromatic heterocycles. The molecule has 3 heteroatoms. The second-order valence-electron chi connectivity index (χ2n) is 4.34. The molecule has 0 fully saturated rings. The number of rotatable bonds is 1. The Balaban J connectivity index is 2.04. The minimum absolute atomic E-state index is 0.332. The monoisotopic (exact) mass is 213 g/mol. The zero-order valence-electron chi connectivity index (χ0n) is 9.35. The van der Waals surface area contributed by atoms with Crippen LogP contribution in [0.5, 0.6) is 0 Å². The fourth-order valence-corrected chi connectivity index (χ4v) is 2.31. The third-order valence-corrected chi connectivity index (χ3v) is 3.12. The summed E-state index contributed by atoms with van der Waals surface area (Å²) < 4.78 is 2.06. The van der Waals surface area contributed by atoms with Crippen molar-refractivity contribution >= 4 is 0 Å². The van der Waals surface area contributed by atoms with Crippen LogP contribution in [0.15, 0.2) is 36.7 Å². The summed E-state index contributed by atoms with van der Waals surface area (Å²) in [5.41, 5.74) is 3.99. The number of aromatic nitrogens is 2. The Bertz CT molecular complexity index is 501. The molecule has 0 radical (unpaired) electrons. The van der Waals surface area contributed by atoms with Gasteiger partial charge in [0, 0.05) is 19.3 Å². The first-order chi connectivity index (χ1) is 7.84. The van der Waals surface area contributed by atoms with E-state index < -0.39 is 0 Å². The maximum Gasteiger partial charge on any atom is 0.0896 e. The maximum atomic E-state index is 4.41. The number of nitrogens with zero attached hydrogens (tertiary/aromatic N) is 2. The van der Waals surface area contributed by atoms with Crippen LogP contribution in [0.4, 0.5) is 0 Å². The van der Waals surface area contributed by atoms with Gasteiger partial charge in [-0.25, -0.2) is 0 Å². The first kappa shape index (κ1) is 9.60. The molecule has 1 aromatic carbocycles. The van der Waals surface area contributed by atoms with Gasteiger partial charge in [0.05, 0.1) is 12.2 Å². The molecule has 2 heterocycles. The van der Waals surface area contributed by atoms with Crippen LogP contribution in [0.3, 0.4) is 0 Å². The molecule has 2 aromatic rings. The Kier molecular flexibility index (Phi) is 2.26. The molecule has 16 heavy (non-hydrogen) atoms. The molecule has 1 aliphatic rings. The minimum atomic E-state index is 0.332. The molecule has 0 saturated carbocycles.